The highest BCUT2D eigenvalue weighted by molar-refractivity contribution is 5.47. The highest BCUT2D eigenvalue weighted by Gasteiger charge is 2.13. The first-order valence-electron chi connectivity index (χ1n) is 4.82. The lowest BCUT2D eigenvalue weighted by molar-refractivity contribution is 0.211. The van der Waals surface area contributed by atoms with Gasteiger partial charge in [0.25, 0.3) is 0 Å². The number of rotatable bonds is 3. The maximum Gasteiger partial charge on any atom is 0.203 e. The molecule has 1 aliphatic heterocycles. The molecule has 1 aromatic rings. The van der Waals surface area contributed by atoms with Crippen molar-refractivity contribution in [3.63, 3.8) is 0 Å². The fourth-order valence-corrected chi connectivity index (χ4v) is 1.42. The zero-order valence-corrected chi connectivity index (χ0v) is 8.23. The lowest BCUT2D eigenvalue weighted by atomic mass is 10.3. The molecule has 74 valence electrons. The van der Waals surface area contributed by atoms with Crippen molar-refractivity contribution in [3.05, 3.63) is 42.3 Å². The summed E-state index contributed by atoms with van der Waals surface area (Å²) in [5, 5.41) is 2.05. The van der Waals surface area contributed by atoms with Crippen LogP contribution in [0.4, 0.5) is 5.69 Å². The third kappa shape index (κ3) is 1.82. The second-order valence-corrected chi connectivity index (χ2v) is 3.06. The van der Waals surface area contributed by atoms with Crippen molar-refractivity contribution in [2.75, 3.05) is 18.2 Å². The van der Waals surface area contributed by atoms with E-state index in [2.05, 4.69) is 17.6 Å². The van der Waals surface area contributed by atoms with E-state index in [0.717, 1.165) is 18.1 Å². The Morgan fingerprint density at radius 3 is 2.86 bits per heavy atom. The Morgan fingerprint density at radius 2 is 2.14 bits per heavy atom. The lowest BCUT2D eigenvalue weighted by Gasteiger charge is -2.19. The SMILES string of the molecule is CCOC1=CCN(c2ccccc2)N1. The molecule has 0 atom stereocenters. The second kappa shape index (κ2) is 4.05. The Balaban J connectivity index is 1.99. The quantitative estimate of drug-likeness (QED) is 0.787. The molecule has 0 amide bonds. The molecule has 1 aromatic carbocycles. The molecule has 0 spiro atoms. The summed E-state index contributed by atoms with van der Waals surface area (Å²) >= 11 is 0. The van der Waals surface area contributed by atoms with Crippen LogP contribution in [0.2, 0.25) is 0 Å². The number of benzene rings is 1. The molecule has 0 bridgehead atoms. The van der Waals surface area contributed by atoms with Crippen LogP contribution in [0.5, 0.6) is 0 Å². The van der Waals surface area contributed by atoms with E-state index in [1.165, 1.54) is 0 Å². The molecule has 0 aromatic heterocycles. The van der Waals surface area contributed by atoms with Crippen molar-refractivity contribution in [2.45, 2.75) is 6.92 Å². The van der Waals surface area contributed by atoms with Crippen LogP contribution in [-0.4, -0.2) is 13.2 Å². The maximum atomic E-state index is 5.36. The fraction of sp³-hybridized carbons (Fsp3) is 0.273. The summed E-state index contributed by atoms with van der Waals surface area (Å²) in [6, 6.07) is 10.2. The van der Waals surface area contributed by atoms with E-state index in [0.29, 0.717) is 6.61 Å². The predicted octanol–water partition coefficient (Wildman–Crippen LogP) is 1.89. The second-order valence-electron chi connectivity index (χ2n) is 3.06. The highest BCUT2D eigenvalue weighted by Crippen LogP contribution is 2.15. The summed E-state index contributed by atoms with van der Waals surface area (Å²) < 4.78 is 5.36. The molecule has 0 radical (unpaired) electrons. The molecule has 0 aliphatic carbocycles. The van der Waals surface area contributed by atoms with Crippen LogP contribution in [0.15, 0.2) is 42.3 Å². The van der Waals surface area contributed by atoms with Crippen molar-refractivity contribution in [1.29, 1.82) is 0 Å². The first kappa shape index (κ1) is 8.94. The molecule has 1 heterocycles. The van der Waals surface area contributed by atoms with Crippen molar-refractivity contribution >= 4 is 5.69 Å². The largest absolute Gasteiger partial charge is 0.479 e. The number of anilines is 1. The zero-order chi connectivity index (χ0) is 9.80. The monoisotopic (exact) mass is 190 g/mol. The van der Waals surface area contributed by atoms with Crippen LogP contribution < -0.4 is 10.4 Å². The summed E-state index contributed by atoms with van der Waals surface area (Å²) in [5.74, 6) is 0.844. The van der Waals surface area contributed by atoms with Crippen LogP contribution >= 0.6 is 0 Å². The van der Waals surface area contributed by atoms with Crippen LogP contribution in [0.3, 0.4) is 0 Å². The number of hydrogen-bond acceptors (Lipinski definition) is 3. The minimum absolute atomic E-state index is 0.696. The highest BCUT2D eigenvalue weighted by atomic mass is 16.5. The topological polar surface area (TPSA) is 24.5 Å². The third-order valence-electron chi connectivity index (χ3n) is 2.07. The molecule has 1 N–H and O–H groups in total. The van der Waals surface area contributed by atoms with Crippen LogP contribution in [0.25, 0.3) is 0 Å². The first-order valence-corrected chi connectivity index (χ1v) is 4.82. The van der Waals surface area contributed by atoms with Gasteiger partial charge in [-0.25, -0.2) is 0 Å². The number of hydrazine groups is 1. The van der Waals surface area contributed by atoms with Gasteiger partial charge in [0.2, 0.25) is 5.88 Å². The molecule has 0 unspecified atom stereocenters. The first-order chi connectivity index (χ1) is 6.90. The van der Waals surface area contributed by atoms with Gasteiger partial charge in [0.05, 0.1) is 18.8 Å². The molecule has 14 heavy (non-hydrogen) atoms. The van der Waals surface area contributed by atoms with Crippen LogP contribution in [0.1, 0.15) is 6.92 Å². The minimum Gasteiger partial charge on any atom is -0.479 e. The van der Waals surface area contributed by atoms with E-state index >= 15 is 0 Å². The van der Waals surface area contributed by atoms with E-state index in [-0.39, 0.29) is 0 Å². The molecular weight excluding hydrogens is 176 g/mol. The fourth-order valence-electron chi connectivity index (χ4n) is 1.42. The van der Waals surface area contributed by atoms with Gasteiger partial charge in [-0.2, -0.15) is 0 Å². The van der Waals surface area contributed by atoms with Crippen molar-refractivity contribution in [1.82, 2.24) is 5.43 Å². The van der Waals surface area contributed by atoms with Crippen LogP contribution in [-0.2, 0) is 4.74 Å². The van der Waals surface area contributed by atoms with Gasteiger partial charge < -0.3 is 4.74 Å². The van der Waals surface area contributed by atoms with Gasteiger partial charge in [-0.05, 0) is 25.1 Å². The Kier molecular flexibility index (Phi) is 2.58. The maximum absolute atomic E-state index is 5.36. The normalized spacial score (nSPS) is 14.9. The molecule has 0 fully saturated rings. The molecule has 1 aliphatic rings. The zero-order valence-electron chi connectivity index (χ0n) is 8.23. The van der Waals surface area contributed by atoms with Gasteiger partial charge in [-0.15, -0.1) is 0 Å². The number of hydrogen-bond donors (Lipinski definition) is 1. The average molecular weight is 190 g/mol. The molecule has 0 saturated carbocycles. The molecule has 0 saturated heterocycles. The third-order valence-corrected chi connectivity index (χ3v) is 2.07. The van der Waals surface area contributed by atoms with Crippen molar-refractivity contribution in [3.8, 4) is 0 Å². The molecule has 3 nitrogen and oxygen atoms in total. The molecule has 2 rings (SSSR count). The van der Waals surface area contributed by atoms with E-state index in [1.807, 2.05) is 36.2 Å². The minimum atomic E-state index is 0.696. The summed E-state index contributed by atoms with van der Waals surface area (Å²) in [6.07, 6.45) is 2.04. The van der Waals surface area contributed by atoms with Gasteiger partial charge in [-0.3, -0.25) is 10.4 Å². The Hall–Kier alpha value is -1.64. The smallest absolute Gasteiger partial charge is 0.203 e. The van der Waals surface area contributed by atoms with Crippen molar-refractivity contribution in [2.24, 2.45) is 0 Å². The standard InChI is InChI=1S/C11H14N2O/c1-2-14-11-8-9-13(12-11)10-6-4-3-5-7-10/h3-8,12H,2,9H2,1H3. The summed E-state index contributed by atoms with van der Waals surface area (Å²) in [7, 11) is 0. The number of nitrogens with one attached hydrogen (secondary N) is 1. The van der Waals surface area contributed by atoms with E-state index in [1.54, 1.807) is 0 Å². The van der Waals surface area contributed by atoms with E-state index < -0.39 is 0 Å². The van der Waals surface area contributed by atoms with E-state index in [9.17, 15) is 0 Å². The van der Waals surface area contributed by atoms with Gasteiger partial charge >= 0.3 is 0 Å². The number of para-hydroxylation sites is 1. The summed E-state index contributed by atoms with van der Waals surface area (Å²) in [5.41, 5.74) is 4.33. The van der Waals surface area contributed by atoms with Gasteiger partial charge in [0.1, 0.15) is 0 Å². The molecular formula is C11H14N2O. The average Bonchev–Trinajstić information content (AvgIpc) is 2.68. The van der Waals surface area contributed by atoms with Gasteiger partial charge in [0, 0.05) is 0 Å². The Morgan fingerprint density at radius 1 is 1.36 bits per heavy atom. The van der Waals surface area contributed by atoms with Gasteiger partial charge in [-0.1, -0.05) is 18.2 Å². The summed E-state index contributed by atoms with van der Waals surface area (Å²) in [6.45, 7) is 3.52. The Bertz CT molecular complexity index is 321. The lowest BCUT2D eigenvalue weighted by Crippen LogP contribution is -2.32. The van der Waals surface area contributed by atoms with Crippen LogP contribution in [0, 0.1) is 0 Å². The summed E-state index contributed by atoms with van der Waals surface area (Å²) in [4.78, 5) is 0. The Labute approximate surface area is 84.0 Å². The molecule has 3 heteroatoms. The van der Waals surface area contributed by atoms with Gasteiger partial charge in [0.15, 0.2) is 0 Å². The predicted molar refractivity (Wildman–Crippen MR) is 56.6 cm³/mol. The number of ether oxygens (including phenoxy) is 1. The van der Waals surface area contributed by atoms with Crippen molar-refractivity contribution < 1.29 is 4.74 Å². The number of nitrogens with zero attached hydrogens (tertiary/aromatic N) is 1. The van der Waals surface area contributed by atoms with E-state index in [4.69, 9.17) is 4.74 Å².